The van der Waals surface area contributed by atoms with E-state index >= 15 is 0 Å². The van der Waals surface area contributed by atoms with E-state index in [-0.39, 0.29) is 30.8 Å². The van der Waals surface area contributed by atoms with E-state index in [0.29, 0.717) is 18.7 Å². The van der Waals surface area contributed by atoms with Crippen molar-refractivity contribution in [2.75, 3.05) is 18.5 Å². The minimum atomic E-state index is -0.964. The Kier molecular flexibility index (Phi) is 11.3. The van der Waals surface area contributed by atoms with Crippen molar-refractivity contribution in [3.8, 4) is 0 Å². The Morgan fingerprint density at radius 2 is 1.73 bits per heavy atom. The first-order chi connectivity index (χ1) is 19.2. The summed E-state index contributed by atoms with van der Waals surface area (Å²) in [4.78, 5) is 51.1. The highest BCUT2D eigenvalue weighted by atomic mass is 16.5. The van der Waals surface area contributed by atoms with Crippen LogP contribution in [-0.4, -0.2) is 58.5 Å². The molecule has 0 aliphatic heterocycles. The van der Waals surface area contributed by atoms with Gasteiger partial charge in [0.2, 0.25) is 11.8 Å². The number of aryl methyl sites for hydroxylation is 1. The van der Waals surface area contributed by atoms with Crippen molar-refractivity contribution >= 4 is 23.6 Å². The molecule has 2 N–H and O–H groups in total. The highest BCUT2D eigenvalue weighted by molar-refractivity contribution is 6.00. The number of ether oxygens (including phenoxy) is 1. The van der Waals surface area contributed by atoms with Crippen molar-refractivity contribution in [1.29, 1.82) is 0 Å². The average Bonchev–Trinajstić information content (AvgIpc) is 3.46. The van der Waals surface area contributed by atoms with E-state index in [0.717, 1.165) is 23.2 Å². The number of carbonyl (C=O) groups is 3. The Morgan fingerprint density at radius 1 is 1.02 bits per heavy atom. The lowest BCUT2D eigenvalue weighted by molar-refractivity contribution is -0.140. The molecule has 0 saturated carbocycles. The first kappa shape index (κ1) is 30.4. The van der Waals surface area contributed by atoms with Crippen molar-refractivity contribution in [2.45, 2.75) is 65.6 Å². The molecule has 3 rings (SSSR count). The third kappa shape index (κ3) is 8.43. The largest absolute Gasteiger partial charge is 0.445 e. The van der Waals surface area contributed by atoms with E-state index in [1.807, 2.05) is 82.3 Å². The number of nitrogens with one attached hydrogen (secondary N) is 2. The molecule has 0 saturated heterocycles. The molecule has 0 radical (unpaired) electrons. The number of aromatic nitrogens is 2. The summed E-state index contributed by atoms with van der Waals surface area (Å²) in [5, 5.41) is 2.72. The van der Waals surface area contributed by atoms with Crippen molar-refractivity contribution < 1.29 is 19.1 Å². The Bertz CT molecular complexity index is 1230. The fourth-order valence-electron chi connectivity index (χ4n) is 4.61. The SMILES string of the molecule is CCCN(C(=O)C(CC(C)C)N(C)C(=O)C(Cc1cnc[nH]1)NC(=O)OCc1ccccc1)c1ccccc1C. The summed E-state index contributed by atoms with van der Waals surface area (Å²) in [5.74, 6) is -0.376. The summed E-state index contributed by atoms with van der Waals surface area (Å²) < 4.78 is 5.40. The molecule has 214 valence electrons. The van der Waals surface area contributed by atoms with Gasteiger partial charge >= 0.3 is 6.09 Å². The first-order valence-corrected chi connectivity index (χ1v) is 13.8. The molecule has 1 aromatic heterocycles. The molecule has 40 heavy (non-hydrogen) atoms. The van der Waals surface area contributed by atoms with Crippen LogP contribution < -0.4 is 10.2 Å². The van der Waals surface area contributed by atoms with Crippen LogP contribution in [0.1, 0.15) is 50.4 Å². The fourth-order valence-corrected chi connectivity index (χ4v) is 4.61. The van der Waals surface area contributed by atoms with Crippen molar-refractivity contribution in [3.05, 3.63) is 83.9 Å². The lowest BCUT2D eigenvalue weighted by Crippen LogP contribution is -2.56. The van der Waals surface area contributed by atoms with Crippen molar-refractivity contribution in [1.82, 2.24) is 20.2 Å². The minimum Gasteiger partial charge on any atom is -0.445 e. The van der Waals surface area contributed by atoms with Crippen LogP contribution in [-0.2, 0) is 27.4 Å². The van der Waals surface area contributed by atoms with Crippen LogP contribution in [0.5, 0.6) is 0 Å². The van der Waals surface area contributed by atoms with Gasteiger partial charge < -0.3 is 24.8 Å². The zero-order valence-electron chi connectivity index (χ0n) is 24.1. The normalized spacial score (nSPS) is 12.4. The van der Waals surface area contributed by atoms with E-state index in [4.69, 9.17) is 4.74 Å². The lowest BCUT2D eigenvalue weighted by atomic mass is 9.99. The number of rotatable bonds is 13. The first-order valence-electron chi connectivity index (χ1n) is 13.8. The number of alkyl carbamates (subject to hydrolysis) is 1. The second-order valence-corrected chi connectivity index (χ2v) is 10.4. The van der Waals surface area contributed by atoms with Crippen molar-refractivity contribution in [2.24, 2.45) is 5.92 Å². The van der Waals surface area contributed by atoms with Gasteiger partial charge in [-0.15, -0.1) is 0 Å². The summed E-state index contributed by atoms with van der Waals surface area (Å²) in [6.45, 7) is 8.65. The molecule has 3 amide bonds. The molecule has 9 nitrogen and oxygen atoms in total. The van der Waals surface area contributed by atoms with Gasteiger partial charge in [-0.25, -0.2) is 9.78 Å². The number of benzene rings is 2. The minimum absolute atomic E-state index is 0.0738. The maximum Gasteiger partial charge on any atom is 0.408 e. The highest BCUT2D eigenvalue weighted by Crippen LogP contribution is 2.24. The van der Waals surface area contributed by atoms with E-state index in [2.05, 4.69) is 15.3 Å². The number of aromatic amines is 1. The maximum atomic E-state index is 14.1. The molecule has 0 fully saturated rings. The van der Waals surface area contributed by atoms with E-state index in [1.54, 1.807) is 18.1 Å². The molecule has 2 unspecified atom stereocenters. The van der Waals surface area contributed by atoms with E-state index in [9.17, 15) is 14.4 Å². The van der Waals surface area contributed by atoms with Gasteiger partial charge in [-0.05, 0) is 42.9 Å². The van der Waals surface area contributed by atoms with Crippen LogP contribution in [0.3, 0.4) is 0 Å². The molecular weight excluding hydrogens is 506 g/mol. The topological polar surface area (TPSA) is 108 Å². The average molecular weight is 548 g/mol. The smallest absolute Gasteiger partial charge is 0.408 e. The summed E-state index contributed by atoms with van der Waals surface area (Å²) in [5.41, 5.74) is 3.33. The van der Waals surface area contributed by atoms with Gasteiger partial charge in [-0.3, -0.25) is 9.59 Å². The molecule has 9 heteroatoms. The Morgan fingerprint density at radius 3 is 2.35 bits per heavy atom. The molecular formula is C31H41N5O4. The lowest BCUT2D eigenvalue weighted by Gasteiger charge is -2.35. The Balaban J connectivity index is 1.84. The summed E-state index contributed by atoms with van der Waals surface area (Å²) >= 11 is 0. The highest BCUT2D eigenvalue weighted by Gasteiger charge is 2.35. The van der Waals surface area contributed by atoms with Crippen LogP contribution in [0.4, 0.5) is 10.5 Å². The zero-order chi connectivity index (χ0) is 29.1. The third-order valence-corrected chi connectivity index (χ3v) is 6.70. The van der Waals surface area contributed by atoms with Crippen LogP contribution in [0.25, 0.3) is 0 Å². The van der Waals surface area contributed by atoms with Gasteiger partial charge in [0.05, 0.1) is 6.33 Å². The predicted octanol–water partition coefficient (Wildman–Crippen LogP) is 4.87. The number of amides is 3. The molecule has 0 aliphatic carbocycles. The van der Waals surface area contributed by atoms with Gasteiger partial charge in [0, 0.05) is 37.6 Å². The maximum absolute atomic E-state index is 14.1. The van der Waals surface area contributed by atoms with Crippen LogP contribution >= 0.6 is 0 Å². The van der Waals surface area contributed by atoms with Crippen LogP contribution in [0.15, 0.2) is 67.1 Å². The number of likely N-dealkylation sites (N-methyl/N-ethyl adjacent to an activating group) is 1. The van der Waals surface area contributed by atoms with Gasteiger partial charge in [-0.1, -0.05) is 69.3 Å². The molecule has 2 aromatic carbocycles. The monoisotopic (exact) mass is 547 g/mol. The number of para-hydroxylation sites is 1. The molecule has 2 atom stereocenters. The van der Waals surface area contributed by atoms with E-state index < -0.39 is 18.2 Å². The van der Waals surface area contributed by atoms with Gasteiger partial charge in [0.15, 0.2) is 0 Å². The van der Waals surface area contributed by atoms with Gasteiger partial charge in [0.25, 0.3) is 0 Å². The number of imidazole rings is 1. The summed E-state index contributed by atoms with van der Waals surface area (Å²) in [6.07, 6.45) is 3.82. The third-order valence-electron chi connectivity index (χ3n) is 6.70. The molecule has 1 heterocycles. The van der Waals surface area contributed by atoms with Crippen LogP contribution in [0.2, 0.25) is 0 Å². The summed E-state index contributed by atoms with van der Waals surface area (Å²) in [6, 6.07) is 15.4. The van der Waals surface area contributed by atoms with Crippen LogP contribution in [0, 0.1) is 12.8 Å². The number of hydrogen-bond donors (Lipinski definition) is 2. The fraction of sp³-hybridized carbons (Fsp3) is 0.419. The van der Waals surface area contributed by atoms with Gasteiger partial charge in [0.1, 0.15) is 18.7 Å². The standard InChI is InChI=1S/C31H41N5O4/c1-6-16-36(27-15-11-10-12-23(27)4)30(38)28(17-22(2)3)35(5)29(37)26(18-25-19-32-21-33-25)34-31(39)40-20-24-13-8-7-9-14-24/h7-15,19,21-22,26,28H,6,16-18,20H2,1-5H3,(H,32,33)(H,34,39). The predicted molar refractivity (Wildman–Crippen MR) is 156 cm³/mol. The van der Waals surface area contributed by atoms with E-state index in [1.165, 1.54) is 11.2 Å². The Hall–Kier alpha value is -4.14. The molecule has 0 spiro atoms. The quantitative estimate of drug-likeness (QED) is 0.317. The molecule has 0 aliphatic rings. The van der Waals surface area contributed by atoms with Gasteiger partial charge in [-0.2, -0.15) is 0 Å². The Labute approximate surface area is 236 Å². The molecule has 3 aromatic rings. The summed E-state index contributed by atoms with van der Waals surface area (Å²) in [7, 11) is 1.63. The number of hydrogen-bond acceptors (Lipinski definition) is 5. The van der Waals surface area contributed by atoms with Crippen molar-refractivity contribution in [3.63, 3.8) is 0 Å². The number of anilines is 1. The number of H-pyrrole nitrogens is 1. The second-order valence-electron chi connectivity index (χ2n) is 10.4. The zero-order valence-corrected chi connectivity index (χ0v) is 24.1. The molecule has 0 bridgehead atoms. The second kappa shape index (κ2) is 14.9. The number of nitrogens with zero attached hydrogens (tertiary/aromatic N) is 3. The number of carbonyl (C=O) groups excluding carboxylic acids is 3.